The van der Waals surface area contributed by atoms with E-state index in [4.69, 9.17) is 4.74 Å². The van der Waals surface area contributed by atoms with Crippen molar-refractivity contribution in [3.8, 4) is 5.75 Å². The number of amides is 1. The third kappa shape index (κ3) is 5.98. The van der Waals surface area contributed by atoms with Crippen molar-refractivity contribution in [3.05, 3.63) is 59.4 Å². The highest BCUT2D eigenvalue weighted by Gasteiger charge is 2.34. The summed E-state index contributed by atoms with van der Waals surface area (Å²) < 4.78 is 62.5. The van der Waals surface area contributed by atoms with E-state index >= 15 is 0 Å². The normalized spacial score (nSPS) is 11.0. The lowest BCUT2D eigenvalue weighted by molar-refractivity contribution is -0.142. The van der Waals surface area contributed by atoms with Crippen LogP contribution in [-0.4, -0.2) is 19.0 Å². The molecule has 2 aromatic rings. The Balaban J connectivity index is 2.17. The van der Waals surface area contributed by atoms with Crippen molar-refractivity contribution < 1.29 is 36.6 Å². The molecule has 0 saturated heterocycles. The van der Waals surface area contributed by atoms with Gasteiger partial charge in [0.15, 0.2) is 0 Å². The molecule has 0 spiro atoms. The van der Waals surface area contributed by atoms with Crippen molar-refractivity contribution in [1.29, 1.82) is 0 Å². The van der Waals surface area contributed by atoms with Crippen molar-refractivity contribution in [2.45, 2.75) is 19.2 Å². The summed E-state index contributed by atoms with van der Waals surface area (Å²) in [6.45, 7) is -0.136. The average Bonchev–Trinajstić information content (AvgIpc) is 2.59. The molecule has 0 atom stereocenters. The van der Waals surface area contributed by atoms with Crippen molar-refractivity contribution in [1.82, 2.24) is 0 Å². The van der Waals surface area contributed by atoms with E-state index in [-0.39, 0.29) is 12.4 Å². The van der Waals surface area contributed by atoms with Crippen LogP contribution in [0.1, 0.15) is 17.5 Å². The zero-order valence-corrected chi connectivity index (χ0v) is 14.1. The predicted octanol–water partition coefficient (Wildman–Crippen LogP) is 3.93. The molecule has 2 rings (SSSR count). The van der Waals surface area contributed by atoms with Gasteiger partial charge in [0.2, 0.25) is 5.91 Å². The topological polar surface area (TPSA) is 64.6 Å². The van der Waals surface area contributed by atoms with Gasteiger partial charge in [0.05, 0.1) is 18.4 Å². The van der Waals surface area contributed by atoms with Gasteiger partial charge in [0.25, 0.3) is 0 Å². The van der Waals surface area contributed by atoms with Gasteiger partial charge in [-0.15, -0.1) is 0 Å². The van der Waals surface area contributed by atoms with Gasteiger partial charge >= 0.3 is 12.1 Å². The number of hydrogen-bond donors (Lipinski definition) is 1. The smallest absolute Gasteiger partial charge is 0.418 e. The minimum absolute atomic E-state index is 0.113. The summed E-state index contributed by atoms with van der Waals surface area (Å²) in [7, 11) is 1.06. The predicted molar refractivity (Wildman–Crippen MR) is 87.4 cm³/mol. The van der Waals surface area contributed by atoms with Gasteiger partial charge < -0.3 is 14.8 Å². The Labute approximate surface area is 151 Å². The summed E-state index contributed by atoms with van der Waals surface area (Å²) in [6.07, 6.45) is -5.49. The Morgan fingerprint density at radius 3 is 2.48 bits per heavy atom. The number of nitrogens with one attached hydrogen (secondary N) is 1. The Bertz CT molecular complexity index is 836. The van der Waals surface area contributed by atoms with E-state index < -0.39 is 41.5 Å². The number of carbonyl (C=O) groups is 2. The number of halogens is 4. The standard InChI is InChI=1S/C18H15F4NO4/c1-26-17(25)9-16(24)23-15-6-5-13(8-14(15)18(20,21)22)27-10-11-3-2-4-12(19)7-11/h2-8H,9-10H2,1H3,(H,23,24). The highest BCUT2D eigenvalue weighted by Crippen LogP contribution is 2.37. The summed E-state index contributed by atoms with van der Waals surface area (Å²) in [6, 6.07) is 8.40. The SMILES string of the molecule is COC(=O)CC(=O)Nc1ccc(OCc2cccc(F)c2)cc1C(F)(F)F. The lowest BCUT2D eigenvalue weighted by Crippen LogP contribution is -2.20. The van der Waals surface area contributed by atoms with Crippen molar-refractivity contribution in [3.63, 3.8) is 0 Å². The zero-order chi connectivity index (χ0) is 20.0. The highest BCUT2D eigenvalue weighted by atomic mass is 19.4. The second-order valence-electron chi connectivity index (χ2n) is 5.42. The molecule has 144 valence electrons. The fraction of sp³-hybridized carbons (Fsp3) is 0.222. The van der Waals surface area contributed by atoms with Gasteiger partial charge in [-0.05, 0) is 35.9 Å². The monoisotopic (exact) mass is 385 g/mol. The van der Waals surface area contributed by atoms with Crippen LogP contribution in [0.15, 0.2) is 42.5 Å². The van der Waals surface area contributed by atoms with E-state index in [0.29, 0.717) is 11.6 Å². The first kappa shape index (κ1) is 20.2. The maximum atomic E-state index is 13.3. The van der Waals surface area contributed by atoms with Gasteiger partial charge in [-0.3, -0.25) is 9.59 Å². The maximum absolute atomic E-state index is 13.3. The molecule has 9 heteroatoms. The maximum Gasteiger partial charge on any atom is 0.418 e. The van der Waals surface area contributed by atoms with Crippen molar-refractivity contribution in [2.75, 3.05) is 12.4 Å². The molecule has 0 fully saturated rings. The average molecular weight is 385 g/mol. The van der Waals surface area contributed by atoms with Crippen LogP contribution in [0.5, 0.6) is 5.75 Å². The Kier molecular flexibility index (Phi) is 6.38. The first-order valence-corrected chi connectivity index (χ1v) is 7.64. The summed E-state index contributed by atoms with van der Waals surface area (Å²) >= 11 is 0. The lowest BCUT2D eigenvalue weighted by Gasteiger charge is -2.15. The molecule has 0 bridgehead atoms. The number of methoxy groups -OCH3 is 1. The number of benzene rings is 2. The Morgan fingerprint density at radius 2 is 1.85 bits per heavy atom. The quantitative estimate of drug-likeness (QED) is 0.465. The second kappa shape index (κ2) is 8.52. The molecule has 1 N–H and O–H groups in total. The van der Waals surface area contributed by atoms with Crippen LogP contribution in [0.25, 0.3) is 0 Å². The molecular formula is C18H15F4NO4. The minimum atomic E-state index is -4.77. The molecule has 0 aliphatic carbocycles. The number of hydrogen-bond acceptors (Lipinski definition) is 4. The third-order valence-corrected chi connectivity index (χ3v) is 3.40. The number of esters is 1. The fourth-order valence-corrected chi connectivity index (χ4v) is 2.15. The van der Waals surface area contributed by atoms with Crippen LogP contribution >= 0.6 is 0 Å². The van der Waals surface area contributed by atoms with E-state index in [2.05, 4.69) is 4.74 Å². The van der Waals surface area contributed by atoms with Gasteiger partial charge in [0.1, 0.15) is 24.6 Å². The van der Waals surface area contributed by atoms with Gasteiger partial charge in [0, 0.05) is 0 Å². The summed E-state index contributed by atoms with van der Waals surface area (Å²) in [4.78, 5) is 22.7. The van der Waals surface area contributed by atoms with Crippen LogP contribution < -0.4 is 10.1 Å². The summed E-state index contributed by atoms with van der Waals surface area (Å²) in [5.41, 5.74) is -1.22. The number of rotatable bonds is 6. The molecule has 2 aromatic carbocycles. The van der Waals surface area contributed by atoms with Crippen LogP contribution in [0.3, 0.4) is 0 Å². The highest BCUT2D eigenvalue weighted by molar-refractivity contribution is 6.02. The third-order valence-electron chi connectivity index (χ3n) is 3.40. The summed E-state index contributed by atoms with van der Waals surface area (Å²) in [5, 5.41) is 2.03. The number of alkyl halides is 3. The fourth-order valence-electron chi connectivity index (χ4n) is 2.15. The van der Waals surface area contributed by atoms with Crippen LogP contribution in [-0.2, 0) is 27.1 Å². The molecule has 5 nitrogen and oxygen atoms in total. The summed E-state index contributed by atoms with van der Waals surface area (Å²) in [5.74, 6) is -2.43. The largest absolute Gasteiger partial charge is 0.489 e. The molecule has 0 unspecified atom stereocenters. The second-order valence-corrected chi connectivity index (χ2v) is 5.42. The van der Waals surface area contributed by atoms with Crippen molar-refractivity contribution in [2.24, 2.45) is 0 Å². The van der Waals surface area contributed by atoms with Crippen LogP contribution in [0, 0.1) is 5.82 Å². The van der Waals surface area contributed by atoms with E-state index in [1.165, 1.54) is 24.3 Å². The molecule has 0 saturated carbocycles. The minimum Gasteiger partial charge on any atom is -0.489 e. The first-order chi connectivity index (χ1) is 12.7. The molecule has 0 aliphatic rings. The number of anilines is 1. The first-order valence-electron chi connectivity index (χ1n) is 7.64. The van der Waals surface area contributed by atoms with E-state index in [1.54, 1.807) is 6.07 Å². The van der Waals surface area contributed by atoms with E-state index in [1.807, 2.05) is 5.32 Å². The lowest BCUT2D eigenvalue weighted by atomic mass is 10.1. The number of carbonyl (C=O) groups excluding carboxylic acids is 2. The molecule has 27 heavy (non-hydrogen) atoms. The van der Waals surface area contributed by atoms with Gasteiger partial charge in [-0.25, -0.2) is 4.39 Å². The molecular weight excluding hydrogens is 370 g/mol. The Hall–Kier alpha value is -3.10. The van der Waals surface area contributed by atoms with Crippen LogP contribution in [0.4, 0.5) is 23.2 Å². The Morgan fingerprint density at radius 1 is 1.11 bits per heavy atom. The van der Waals surface area contributed by atoms with E-state index in [9.17, 15) is 27.2 Å². The zero-order valence-electron chi connectivity index (χ0n) is 14.1. The van der Waals surface area contributed by atoms with E-state index in [0.717, 1.165) is 13.2 Å². The molecule has 0 aliphatic heterocycles. The van der Waals surface area contributed by atoms with Gasteiger partial charge in [-0.2, -0.15) is 13.2 Å². The van der Waals surface area contributed by atoms with Crippen LogP contribution in [0.2, 0.25) is 0 Å². The molecule has 0 heterocycles. The number of ether oxygens (including phenoxy) is 2. The molecule has 0 radical (unpaired) electrons. The molecule has 1 amide bonds. The van der Waals surface area contributed by atoms with Crippen molar-refractivity contribution >= 4 is 17.6 Å². The molecule has 0 aromatic heterocycles. The van der Waals surface area contributed by atoms with Gasteiger partial charge in [-0.1, -0.05) is 12.1 Å².